The van der Waals surface area contributed by atoms with Gasteiger partial charge in [0.15, 0.2) is 5.96 Å². The van der Waals surface area contributed by atoms with Crippen LogP contribution in [-0.4, -0.2) is 29.0 Å². The van der Waals surface area contributed by atoms with Gasteiger partial charge in [0.05, 0.1) is 12.1 Å². The van der Waals surface area contributed by atoms with Crippen LogP contribution in [0.25, 0.3) is 0 Å². The largest absolute Gasteiger partial charge is 0.370 e. The minimum absolute atomic E-state index is 0.219. The number of hydrogen-bond acceptors (Lipinski definition) is 3. The Morgan fingerprint density at radius 1 is 1.06 bits per heavy atom. The van der Waals surface area contributed by atoms with Crippen LogP contribution >= 0.6 is 0 Å². The molecule has 0 amide bonds. The Morgan fingerprint density at radius 2 is 1.61 bits per heavy atom. The van der Waals surface area contributed by atoms with Crippen LogP contribution in [0.15, 0.2) is 4.99 Å². The fraction of sp³-hybridized carbons (Fsp3) is 0.933. The van der Waals surface area contributed by atoms with E-state index in [-0.39, 0.29) is 5.54 Å². The van der Waals surface area contributed by atoms with Crippen LogP contribution < -0.4 is 5.73 Å². The molecule has 0 aromatic heterocycles. The Kier molecular flexibility index (Phi) is 2.34. The zero-order valence-electron chi connectivity index (χ0n) is 12.3. The molecule has 0 saturated heterocycles. The number of hydrogen-bond donors (Lipinski definition) is 1. The molecular formula is C15H27N3. The van der Waals surface area contributed by atoms with E-state index in [0.29, 0.717) is 16.9 Å². The lowest BCUT2D eigenvalue weighted by Crippen LogP contribution is -2.59. The average Bonchev–Trinajstić information content (AvgIpc) is 2.90. The number of nitrogens with zero attached hydrogens (tertiary/aromatic N) is 2. The molecule has 1 spiro atoms. The van der Waals surface area contributed by atoms with Gasteiger partial charge in [-0.25, -0.2) is 0 Å². The zero-order valence-corrected chi connectivity index (χ0v) is 12.3. The molecule has 0 unspecified atom stereocenters. The normalized spacial score (nSPS) is 32.7. The van der Waals surface area contributed by atoms with Crippen molar-refractivity contribution in [3.63, 3.8) is 0 Å². The third-order valence-electron chi connectivity index (χ3n) is 4.78. The fourth-order valence-electron chi connectivity index (χ4n) is 5.08. The van der Waals surface area contributed by atoms with Crippen LogP contribution in [0.4, 0.5) is 0 Å². The van der Waals surface area contributed by atoms with Gasteiger partial charge < -0.3 is 10.6 Å². The lowest BCUT2D eigenvalue weighted by atomic mass is 9.58. The van der Waals surface area contributed by atoms with Crippen LogP contribution in [0.1, 0.15) is 59.8 Å². The van der Waals surface area contributed by atoms with Crippen molar-refractivity contribution < 1.29 is 0 Å². The maximum Gasteiger partial charge on any atom is 0.192 e. The first-order valence-electron chi connectivity index (χ1n) is 7.33. The Morgan fingerprint density at radius 3 is 2.11 bits per heavy atom. The minimum Gasteiger partial charge on any atom is -0.370 e. The second kappa shape index (κ2) is 3.43. The summed E-state index contributed by atoms with van der Waals surface area (Å²) in [6.07, 6.45) is 6.39. The molecule has 18 heavy (non-hydrogen) atoms. The van der Waals surface area contributed by atoms with Gasteiger partial charge in [0.25, 0.3) is 0 Å². The van der Waals surface area contributed by atoms with Gasteiger partial charge in [-0.15, -0.1) is 0 Å². The van der Waals surface area contributed by atoms with E-state index in [0.717, 1.165) is 12.5 Å². The highest BCUT2D eigenvalue weighted by molar-refractivity contribution is 5.81. The summed E-state index contributed by atoms with van der Waals surface area (Å²) in [7, 11) is 0. The molecule has 1 heterocycles. The van der Waals surface area contributed by atoms with Gasteiger partial charge in [-0.1, -0.05) is 27.7 Å². The monoisotopic (exact) mass is 249 g/mol. The van der Waals surface area contributed by atoms with Gasteiger partial charge >= 0.3 is 0 Å². The van der Waals surface area contributed by atoms with Crippen LogP contribution in [0.5, 0.6) is 0 Å². The highest BCUT2D eigenvalue weighted by Gasteiger charge is 2.56. The van der Waals surface area contributed by atoms with Crippen molar-refractivity contribution in [2.24, 2.45) is 21.6 Å². The number of rotatable bonds is 1. The molecule has 2 aliphatic carbocycles. The summed E-state index contributed by atoms with van der Waals surface area (Å²) in [6.45, 7) is 10.6. The van der Waals surface area contributed by atoms with Crippen molar-refractivity contribution in [1.29, 1.82) is 0 Å². The van der Waals surface area contributed by atoms with Crippen molar-refractivity contribution in [3.8, 4) is 0 Å². The van der Waals surface area contributed by atoms with Gasteiger partial charge in [-0.2, -0.15) is 0 Å². The summed E-state index contributed by atoms with van der Waals surface area (Å²) < 4.78 is 0. The third-order valence-corrected chi connectivity index (χ3v) is 4.78. The molecule has 0 atom stereocenters. The topological polar surface area (TPSA) is 41.6 Å². The van der Waals surface area contributed by atoms with E-state index in [4.69, 9.17) is 5.73 Å². The summed E-state index contributed by atoms with van der Waals surface area (Å²) in [4.78, 5) is 7.10. The van der Waals surface area contributed by atoms with E-state index in [2.05, 4.69) is 37.6 Å². The molecule has 3 heteroatoms. The van der Waals surface area contributed by atoms with Gasteiger partial charge in [0.1, 0.15) is 0 Å². The fourth-order valence-corrected chi connectivity index (χ4v) is 5.08. The standard InChI is InChI=1S/C15H27N3/c1-13(2)7-14(3,4)9-15(8-13)10-17-12(16)18(15)11-5-6-11/h11H,5-10H2,1-4H3,(H2,16,17). The first kappa shape index (κ1) is 12.3. The summed E-state index contributed by atoms with van der Waals surface area (Å²) in [6, 6.07) is 0.681. The number of guanidine groups is 1. The van der Waals surface area contributed by atoms with Gasteiger partial charge in [-0.05, 0) is 42.9 Å². The van der Waals surface area contributed by atoms with Crippen molar-refractivity contribution in [2.75, 3.05) is 6.54 Å². The Bertz CT molecular complexity index is 375. The maximum atomic E-state index is 6.18. The van der Waals surface area contributed by atoms with E-state index in [1.54, 1.807) is 0 Å². The molecule has 0 aromatic carbocycles. The molecule has 3 nitrogen and oxygen atoms in total. The lowest BCUT2D eigenvalue weighted by molar-refractivity contribution is -0.00753. The SMILES string of the molecule is CC1(C)CC(C)(C)CC2(CN=C(N)N2C2CC2)C1. The average molecular weight is 249 g/mol. The molecule has 2 fully saturated rings. The Balaban J connectivity index is 1.94. The number of nitrogens with two attached hydrogens (primary N) is 1. The van der Waals surface area contributed by atoms with E-state index in [9.17, 15) is 0 Å². The Labute approximate surface area is 111 Å². The summed E-state index contributed by atoms with van der Waals surface area (Å²) in [5.41, 5.74) is 7.19. The van der Waals surface area contributed by atoms with E-state index >= 15 is 0 Å². The molecule has 3 aliphatic rings. The number of aliphatic imine (C=N–C) groups is 1. The van der Waals surface area contributed by atoms with Crippen molar-refractivity contribution >= 4 is 5.96 Å². The highest BCUT2D eigenvalue weighted by atomic mass is 15.4. The predicted molar refractivity (Wildman–Crippen MR) is 75.5 cm³/mol. The first-order valence-corrected chi connectivity index (χ1v) is 7.33. The van der Waals surface area contributed by atoms with Crippen molar-refractivity contribution in [1.82, 2.24) is 4.90 Å². The summed E-state index contributed by atoms with van der Waals surface area (Å²) >= 11 is 0. The minimum atomic E-state index is 0.219. The van der Waals surface area contributed by atoms with Crippen molar-refractivity contribution in [2.45, 2.75) is 71.4 Å². The van der Waals surface area contributed by atoms with E-state index in [1.807, 2.05) is 0 Å². The van der Waals surface area contributed by atoms with Crippen LogP contribution in [0.2, 0.25) is 0 Å². The van der Waals surface area contributed by atoms with Gasteiger partial charge in [0.2, 0.25) is 0 Å². The van der Waals surface area contributed by atoms with Crippen molar-refractivity contribution in [3.05, 3.63) is 0 Å². The molecule has 2 saturated carbocycles. The summed E-state index contributed by atoms with van der Waals surface area (Å²) in [5, 5.41) is 0. The first-order chi connectivity index (χ1) is 8.23. The molecule has 0 bridgehead atoms. The molecule has 102 valence electrons. The summed E-state index contributed by atoms with van der Waals surface area (Å²) in [5.74, 6) is 0.811. The molecule has 3 rings (SSSR count). The third kappa shape index (κ3) is 1.92. The van der Waals surface area contributed by atoms with E-state index in [1.165, 1.54) is 32.1 Å². The quantitative estimate of drug-likeness (QED) is 0.776. The second-order valence-electron chi connectivity index (χ2n) is 8.36. The smallest absolute Gasteiger partial charge is 0.192 e. The molecule has 2 N–H and O–H groups in total. The maximum absolute atomic E-state index is 6.18. The van der Waals surface area contributed by atoms with E-state index < -0.39 is 0 Å². The second-order valence-corrected chi connectivity index (χ2v) is 8.36. The predicted octanol–water partition coefficient (Wildman–Crippen LogP) is 2.75. The molecule has 0 radical (unpaired) electrons. The highest BCUT2D eigenvalue weighted by Crippen LogP contribution is 2.55. The van der Waals surface area contributed by atoms with Crippen LogP contribution in [-0.2, 0) is 0 Å². The molecule has 1 aliphatic heterocycles. The molecule has 0 aromatic rings. The van der Waals surface area contributed by atoms with Crippen LogP contribution in [0, 0.1) is 10.8 Å². The zero-order chi connectivity index (χ0) is 13.2. The van der Waals surface area contributed by atoms with Gasteiger partial charge in [0, 0.05) is 6.04 Å². The van der Waals surface area contributed by atoms with Gasteiger partial charge in [-0.3, -0.25) is 4.99 Å². The van der Waals surface area contributed by atoms with Crippen LogP contribution in [0.3, 0.4) is 0 Å². The lowest BCUT2D eigenvalue weighted by Gasteiger charge is -2.54. The Hall–Kier alpha value is -0.730. The molecular weight excluding hydrogens is 222 g/mol.